The van der Waals surface area contributed by atoms with Crippen LogP contribution in [0.15, 0.2) is 89.7 Å². The summed E-state index contributed by atoms with van der Waals surface area (Å²) >= 11 is 0. The van der Waals surface area contributed by atoms with E-state index in [4.69, 9.17) is 4.98 Å². The van der Waals surface area contributed by atoms with Crippen LogP contribution in [-0.4, -0.2) is 9.55 Å². The number of aromatic nitrogens is 2. The van der Waals surface area contributed by atoms with Crippen LogP contribution in [0.3, 0.4) is 0 Å². The Balaban J connectivity index is 1.76. The van der Waals surface area contributed by atoms with Gasteiger partial charge in [-0.3, -0.25) is 9.36 Å². The van der Waals surface area contributed by atoms with Gasteiger partial charge in [0.15, 0.2) is 0 Å². The molecule has 0 aliphatic heterocycles. The molecule has 0 atom stereocenters. The van der Waals surface area contributed by atoms with Gasteiger partial charge in [-0.2, -0.15) is 0 Å². The normalized spacial score (nSPS) is 10.9. The molecule has 4 aromatic rings. The zero-order valence-electron chi connectivity index (χ0n) is 14.5. The highest BCUT2D eigenvalue weighted by Gasteiger charge is 2.11. The number of para-hydroxylation sites is 1. The minimum atomic E-state index is 0.0301. The van der Waals surface area contributed by atoms with Crippen molar-refractivity contribution in [2.75, 3.05) is 0 Å². The second kappa shape index (κ2) is 7.36. The van der Waals surface area contributed by atoms with Gasteiger partial charge in [-0.05, 0) is 29.7 Å². The predicted octanol–water partition coefficient (Wildman–Crippen LogP) is 4.23. The lowest BCUT2D eigenvalue weighted by Crippen LogP contribution is -2.26. The van der Waals surface area contributed by atoms with E-state index in [0.717, 1.165) is 29.7 Å². The molecule has 0 spiro atoms. The second-order valence-corrected chi connectivity index (χ2v) is 6.41. The molecule has 0 aliphatic carbocycles. The Hall–Kier alpha value is -3.20. The number of rotatable bonds is 5. The van der Waals surface area contributed by atoms with Crippen LogP contribution in [0.25, 0.3) is 10.9 Å². The first kappa shape index (κ1) is 16.3. The van der Waals surface area contributed by atoms with Crippen LogP contribution in [-0.2, 0) is 19.4 Å². The maximum absolute atomic E-state index is 13.1. The van der Waals surface area contributed by atoms with Gasteiger partial charge in [0.2, 0.25) is 0 Å². The van der Waals surface area contributed by atoms with Crippen molar-refractivity contribution in [1.82, 2.24) is 9.55 Å². The molecule has 4 rings (SSSR count). The average molecular weight is 340 g/mol. The predicted molar refractivity (Wildman–Crippen MR) is 105 cm³/mol. The van der Waals surface area contributed by atoms with Crippen LogP contribution in [0.5, 0.6) is 0 Å². The molecule has 1 aromatic heterocycles. The number of fused-ring (bicyclic) bond motifs is 1. The van der Waals surface area contributed by atoms with Gasteiger partial charge in [0.1, 0.15) is 5.82 Å². The zero-order valence-corrected chi connectivity index (χ0v) is 14.5. The molecule has 0 saturated carbocycles. The van der Waals surface area contributed by atoms with Gasteiger partial charge in [0.25, 0.3) is 5.56 Å². The molecule has 3 nitrogen and oxygen atoms in total. The van der Waals surface area contributed by atoms with Crippen molar-refractivity contribution in [3.05, 3.63) is 112 Å². The van der Waals surface area contributed by atoms with Crippen molar-refractivity contribution in [2.24, 2.45) is 0 Å². The van der Waals surface area contributed by atoms with Crippen LogP contribution < -0.4 is 5.56 Å². The molecule has 0 amide bonds. The van der Waals surface area contributed by atoms with Crippen LogP contribution in [0.4, 0.5) is 0 Å². The Morgan fingerprint density at radius 1 is 0.692 bits per heavy atom. The fourth-order valence-electron chi connectivity index (χ4n) is 3.23. The number of nitrogens with zero attached hydrogens (tertiary/aromatic N) is 2. The van der Waals surface area contributed by atoms with E-state index in [1.165, 1.54) is 5.56 Å². The van der Waals surface area contributed by atoms with Crippen LogP contribution >= 0.6 is 0 Å². The fourth-order valence-corrected chi connectivity index (χ4v) is 3.23. The highest BCUT2D eigenvalue weighted by atomic mass is 16.1. The van der Waals surface area contributed by atoms with Crippen LogP contribution in [0.1, 0.15) is 17.0 Å². The minimum Gasteiger partial charge on any atom is -0.292 e. The molecule has 0 saturated heterocycles. The van der Waals surface area contributed by atoms with E-state index in [1.54, 1.807) is 0 Å². The third kappa shape index (κ3) is 3.42. The maximum atomic E-state index is 13.1. The van der Waals surface area contributed by atoms with Gasteiger partial charge in [0, 0.05) is 6.42 Å². The quantitative estimate of drug-likeness (QED) is 0.545. The molecule has 128 valence electrons. The highest BCUT2D eigenvalue weighted by Crippen LogP contribution is 2.12. The van der Waals surface area contributed by atoms with E-state index in [1.807, 2.05) is 77.4 Å². The first-order valence-corrected chi connectivity index (χ1v) is 8.87. The molecule has 3 heteroatoms. The molecule has 0 radical (unpaired) electrons. The maximum Gasteiger partial charge on any atom is 0.261 e. The Morgan fingerprint density at radius 3 is 2.04 bits per heavy atom. The number of benzene rings is 3. The molecular formula is C23H20N2O. The van der Waals surface area contributed by atoms with E-state index in [9.17, 15) is 4.79 Å². The van der Waals surface area contributed by atoms with E-state index >= 15 is 0 Å². The standard InChI is InChI=1S/C23H20N2O/c26-23-20-13-7-8-14-21(20)24-22(16-15-18-9-3-1-4-10-18)25(23)17-19-11-5-2-6-12-19/h1-14H,15-17H2. The highest BCUT2D eigenvalue weighted by molar-refractivity contribution is 5.77. The van der Waals surface area contributed by atoms with Crippen molar-refractivity contribution in [3.8, 4) is 0 Å². The summed E-state index contributed by atoms with van der Waals surface area (Å²) in [6.07, 6.45) is 1.59. The summed E-state index contributed by atoms with van der Waals surface area (Å²) in [5.74, 6) is 0.835. The number of hydrogen-bond acceptors (Lipinski definition) is 2. The summed E-state index contributed by atoms with van der Waals surface area (Å²) in [7, 11) is 0. The summed E-state index contributed by atoms with van der Waals surface area (Å²) in [6, 6.07) is 28.0. The molecule has 0 aliphatic rings. The first-order chi connectivity index (χ1) is 12.8. The Bertz CT molecular complexity index is 1070. The molecule has 0 bridgehead atoms. The summed E-state index contributed by atoms with van der Waals surface area (Å²) in [6.45, 7) is 0.543. The zero-order chi connectivity index (χ0) is 17.8. The molecule has 0 unspecified atom stereocenters. The second-order valence-electron chi connectivity index (χ2n) is 6.41. The molecule has 26 heavy (non-hydrogen) atoms. The Labute approximate surface area is 152 Å². The van der Waals surface area contributed by atoms with E-state index < -0.39 is 0 Å². The van der Waals surface area contributed by atoms with Crippen molar-refractivity contribution in [3.63, 3.8) is 0 Å². The van der Waals surface area contributed by atoms with Crippen molar-refractivity contribution >= 4 is 10.9 Å². The van der Waals surface area contributed by atoms with Crippen molar-refractivity contribution < 1.29 is 0 Å². The topological polar surface area (TPSA) is 34.9 Å². The average Bonchev–Trinajstić information content (AvgIpc) is 2.70. The summed E-state index contributed by atoms with van der Waals surface area (Å²) < 4.78 is 1.82. The lowest BCUT2D eigenvalue weighted by atomic mass is 10.1. The fraction of sp³-hybridized carbons (Fsp3) is 0.130. The third-order valence-corrected chi connectivity index (χ3v) is 4.60. The van der Waals surface area contributed by atoms with Gasteiger partial charge in [0.05, 0.1) is 17.4 Å². The van der Waals surface area contributed by atoms with Crippen molar-refractivity contribution in [1.29, 1.82) is 0 Å². The van der Waals surface area contributed by atoms with Crippen LogP contribution in [0.2, 0.25) is 0 Å². The molecule has 1 heterocycles. The van der Waals surface area contributed by atoms with Crippen LogP contribution in [0, 0.1) is 0 Å². The van der Waals surface area contributed by atoms with Crippen molar-refractivity contribution in [2.45, 2.75) is 19.4 Å². The van der Waals surface area contributed by atoms with Gasteiger partial charge >= 0.3 is 0 Å². The van der Waals surface area contributed by atoms with Gasteiger partial charge in [-0.1, -0.05) is 72.8 Å². The summed E-state index contributed by atoms with van der Waals surface area (Å²) in [4.78, 5) is 17.9. The smallest absolute Gasteiger partial charge is 0.261 e. The third-order valence-electron chi connectivity index (χ3n) is 4.60. The summed E-state index contributed by atoms with van der Waals surface area (Å²) in [5, 5.41) is 0.673. The summed E-state index contributed by atoms with van der Waals surface area (Å²) in [5.41, 5.74) is 3.15. The largest absolute Gasteiger partial charge is 0.292 e. The SMILES string of the molecule is O=c1c2ccccc2nc(CCc2ccccc2)n1Cc1ccccc1. The first-order valence-electron chi connectivity index (χ1n) is 8.87. The molecule has 0 N–H and O–H groups in total. The van der Waals surface area contributed by atoms with Gasteiger partial charge < -0.3 is 0 Å². The van der Waals surface area contributed by atoms with Gasteiger partial charge in [-0.25, -0.2) is 4.98 Å². The van der Waals surface area contributed by atoms with Gasteiger partial charge in [-0.15, -0.1) is 0 Å². The Kier molecular flexibility index (Phi) is 4.61. The molecular weight excluding hydrogens is 320 g/mol. The lowest BCUT2D eigenvalue weighted by Gasteiger charge is -2.14. The number of hydrogen-bond donors (Lipinski definition) is 0. The Morgan fingerprint density at radius 2 is 1.31 bits per heavy atom. The minimum absolute atomic E-state index is 0.0301. The molecule has 3 aromatic carbocycles. The van der Waals surface area contributed by atoms with E-state index in [-0.39, 0.29) is 5.56 Å². The van der Waals surface area contributed by atoms with E-state index in [2.05, 4.69) is 12.1 Å². The lowest BCUT2D eigenvalue weighted by molar-refractivity contribution is 0.670. The van der Waals surface area contributed by atoms with E-state index in [0.29, 0.717) is 11.9 Å². The monoisotopic (exact) mass is 340 g/mol. The molecule has 0 fully saturated rings. The number of aryl methyl sites for hydroxylation is 2.